The third kappa shape index (κ3) is 5.44. The summed E-state index contributed by atoms with van der Waals surface area (Å²) in [5.41, 5.74) is 3.26. The van der Waals surface area contributed by atoms with Gasteiger partial charge in [0.05, 0.1) is 24.8 Å². The molecule has 5 rings (SSSR count). The van der Waals surface area contributed by atoms with Crippen LogP contribution in [0.15, 0.2) is 18.5 Å². The lowest BCUT2D eigenvalue weighted by molar-refractivity contribution is -0.121. The van der Waals surface area contributed by atoms with Gasteiger partial charge >= 0.3 is 0 Å². The van der Waals surface area contributed by atoms with E-state index in [1.54, 1.807) is 6.07 Å². The summed E-state index contributed by atoms with van der Waals surface area (Å²) in [5.74, 6) is 0.278. The zero-order valence-electron chi connectivity index (χ0n) is 22.0. The summed E-state index contributed by atoms with van der Waals surface area (Å²) in [6.45, 7) is 4.18. The van der Waals surface area contributed by atoms with Crippen molar-refractivity contribution in [3.8, 4) is 22.8 Å². The van der Waals surface area contributed by atoms with Crippen molar-refractivity contribution in [1.82, 2.24) is 25.6 Å². The van der Waals surface area contributed by atoms with E-state index >= 15 is 0 Å². The van der Waals surface area contributed by atoms with E-state index in [0.717, 1.165) is 38.5 Å². The number of H-pyrrole nitrogens is 1. The highest BCUT2D eigenvalue weighted by atomic mass is 19.1. The standard InChI is InChI=1S/C28H34FN5O4/c1-4-23(35)33-17-7-9-18(10-8-17)34-28(36)24-15(2)32-27-25(30-14-31-26(24)27)19-11-22(37-3)20(29)12-21(19)38-13-16-5-6-16/h11-12,14,16-18,32H,4-10,13H2,1-3H3,(H,33,35)(H,34,36)/t17-,18-. The van der Waals surface area contributed by atoms with Crippen molar-refractivity contribution in [3.63, 3.8) is 0 Å². The number of carbonyl (C=O) groups excluding carboxylic acids is 2. The molecule has 3 aromatic rings. The lowest BCUT2D eigenvalue weighted by Crippen LogP contribution is -2.43. The van der Waals surface area contributed by atoms with E-state index in [1.165, 1.54) is 19.5 Å². The topological polar surface area (TPSA) is 118 Å². The Morgan fingerprint density at radius 3 is 2.42 bits per heavy atom. The first-order valence-corrected chi connectivity index (χ1v) is 13.3. The van der Waals surface area contributed by atoms with Gasteiger partial charge in [0.1, 0.15) is 23.3 Å². The molecule has 2 fully saturated rings. The van der Waals surface area contributed by atoms with Crippen LogP contribution in [-0.2, 0) is 4.79 Å². The molecule has 9 nitrogen and oxygen atoms in total. The van der Waals surface area contributed by atoms with Crippen LogP contribution in [0, 0.1) is 18.7 Å². The maximum absolute atomic E-state index is 14.6. The van der Waals surface area contributed by atoms with Gasteiger partial charge in [-0.2, -0.15) is 0 Å². The van der Waals surface area contributed by atoms with Crippen LogP contribution in [0.4, 0.5) is 4.39 Å². The van der Waals surface area contributed by atoms with Gasteiger partial charge in [-0.15, -0.1) is 0 Å². The Balaban J connectivity index is 1.40. The Labute approximate surface area is 220 Å². The maximum Gasteiger partial charge on any atom is 0.255 e. The lowest BCUT2D eigenvalue weighted by atomic mass is 9.91. The summed E-state index contributed by atoms with van der Waals surface area (Å²) in [5, 5.41) is 6.20. The first-order valence-electron chi connectivity index (χ1n) is 13.3. The number of benzene rings is 1. The van der Waals surface area contributed by atoms with Crippen LogP contribution in [0.3, 0.4) is 0 Å². The molecule has 2 heterocycles. The van der Waals surface area contributed by atoms with Crippen LogP contribution < -0.4 is 20.1 Å². The molecule has 0 spiro atoms. The summed E-state index contributed by atoms with van der Waals surface area (Å²) in [6.07, 6.45) is 7.32. The van der Waals surface area contributed by atoms with E-state index in [0.29, 0.717) is 58.2 Å². The zero-order chi connectivity index (χ0) is 26.8. The average Bonchev–Trinajstić information content (AvgIpc) is 3.68. The van der Waals surface area contributed by atoms with E-state index < -0.39 is 5.82 Å². The Morgan fingerprint density at radius 1 is 1.05 bits per heavy atom. The smallest absolute Gasteiger partial charge is 0.255 e. The number of carbonyl (C=O) groups is 2. The summed E-state index contributed by atoms with van der Waals surface area (Å²) in [4.78, 5) is 37.3. The monoisotopic (exact) mass is 523 g/mol. The van der Waals surface area contributed by atoms with Crippen molar-refractivity contribution >= 4 is 22.8 Å². The molecule has 0 radical (unpaired) electrons. The van der Waals surface area contributed by atoms with Gasteiger partial charge in [-0.3, -0.25) is 9.59 Å². The lowest BCUT2D eigenvalue weighted by Gasteiger charge is -2.29. The van der Waals surface area contributed by atoms with E-state index in [9.17, 15) is 14.0 Å². The molecule has 0 aliphatic heterocycles. The molecule has 0 unspecified atom stereocenters. The molecular weight excluding hydrogens is 489 g/mol. The molecule has 10 heteroatoms. The van der Waals surface area contributed by atoms with Gasteiger partial charge in [0, 0.05) is 35.8 Å². The highest BCUT2D eigenvalue weighted by molar-refractivity contribution is 6.09. The second-order valence-corrected chi connectivity index (χ2v) is 10.3. The van der Waals surface area contributed by atoms with Gasteiger partial charge in [-0.1, -0.05) is 6.92 Å². The van der Waals surface area contributed by atoms with Crippen molar-refractivity contribution in [2.24, 2.45) is 5.92 Å². The van der Waals surface area contributed by atoms with Crippen molar-refractivity contribution < 1.29 is 23.5 Å². The van der Waals surface area contributed by atoms with E-state index in [1.807, 2.05) is 13.8 Å². The average molecular weight is 524 g/mol. The normalized spacial score (nSPS) is 19.3. The third-order valence-electron chi connectivity index (χ3n) is 7.43. The van der Waals surface area contributed by atoms with Crippen molar-refractivity contribution in [2.45, 2.75) is 70.9 Å². The zero-order valence-corrected chi connectivity index (χ0v) is 22.0. The van der Waals surface area contributed by atoms with Gasteiger partial charge in [0.15, 0.2) is 11.6 Å². The fourth-order valence-corrected chi connectivity index (χ4v) is 5.06. The number of rotatable bonds is 9. The quantitative estimate of drug-likeness (QED) is 0.382. The van der Waals surface area contributed by atoms with Crippen LogP contribution in [-0.4, -0.2) is 52.6 Å². The number of halogens is 1. The number of fused-ring (bicyclic) bond motifs is 1. The first-order chi connectivity index (χ1) is 18.4. The largest absolute Gasteiger partial charge is 0.494 e. The highest BCUT2D eigenvalue weighted by Gasteiger charge is 2.28. The molecule has 202 valence electrons. The number of methoxy groups -OCH3 is 1. The molecule has 0 bridgehead atoms. The predicted molar refractivity (Wildman–Crippen MR) is 141 cm³/mol. The first kappa shape index (κ1) is 25.9. The minimum absolute atomic E-state index is 0.0201. The van der Waals surface area contributed by atoms with E-state index in [2.05, 4.69) is 25.6 Å². The molecule has 2 saturated carbocycles. The van der Waals surface area contributed by atoms with Gasteiger partial charge in [0.2, 0.25) is 5.91 Å². The van der Waals surface area contributed by atoms with Gasteiger partial charge < -0.3 is 25.1 Å². The van der Waals surface area contributed by atoms with Gasteiger partial charge in [-0.25, -0.2) is 14.4 Å². The molecule has 0 atom stereocenters. The van der Waals surface area contributed by atoms with Crippen LogP contribution in [0.1, 0.15) is 67.9 Å². The van der Waals surface area contributed by atoms with Gasteiger partial charge in [0.25, 0.3) is 5.91 Å². The Bertz CT molecular complexity index is 1340. The molecule has 1 aromatic carbocycles. The fourth-order valence-electron chi connectivity index (χ4n) is 5.06. The summed E-state index contributed by atoms with van der Waals surface area (Å²) in [6, 6.07) is 3.08. The van der Waals surface area contributed by atoms with Gasteiger partial charge in [-0.05, 0) is 57.4 Å². The van der Waals surface area contributed by atoms with Crippen molar-refractivity contribution in [2.75, 3.05) is 13.7 Å². The van der Waals surface area contributed by atoms with Crippen LogP contribution in [0.2, 0.25) is 0 Å². The minimum Gasteiger partial charge on any atom is -0.494 e. The van der Waals surface area contributed by atoms with E-state index in [-0.39, 0.29) is 29.6 Å². The molecule has 2 amide bonds. The molecular formula is C28H34FN5O4. The summed E-state index contributed by atoms with van der Waals surface area (Å²) >= 11 is 0. The van der Waals surface area contributed by atoms with Crippen LogP contribution in [0.25, 0.3) is 22.3 Å². The molecule has 2 aromatic heterocycles. The van der Waals surface area contributed by atoms with Crippen LogP contribution >= 0.6 is 0 Å². The molecule has 3 N–H and O–H groups in total. The SMILES string of the molecule is CCC(=O)N[C@H]1CC[C@H](NC(=O)c2c(C)[nH]c3c(-c4cc(OC)c(F)cc4OCC4CC4)ncnc23)CC1. The minimum atomic E-state index is -0.515. The maximum atomic E-state index is 14.6. The number of nitrogens with zero attached hydrogens (tertiary/aromatic N) is 2. The Morgan fingerprint density at radius 2 is 1.76 bits per heavy atom. The number of ether oxygens (including phenoxy) is 2. The third-order valence-corrected chi connectivity index (χ3v) is 7.43. The fraction of sp³-hybridized carbons (Fsp3) is 0.500. The number of aromatic amines is 1. The molecule has 2 aliphatic carbocycles. The van der Waals surface area contributed by atoms with E-state index in [4.69, 9.17) is 9.47 Å². The summed E-state index contributed by atoms with van der Waals surface area (Å²) in [7, 11) is 1.41. The number of hydrogen-bond acceptors (Lipinski definition) is 6. The Kier molecular flexibility index (Phi) is 7.49. The number of aryl methyl sites for hydroxylation is 1. The second-order valence-electron chi connectivity index (χ2n) is 10.3. The predicted octanol–water partition coefficient (Wildman–Crippen LogP) is 4.44. The number of nitrogens with one attached hydrogen (secondary N) is 3. The second kappa shape index (κ2) is 11.0. The number of amides is 2. The number of aromatic nitrogens is 3. The highest BCUT2D eigenvalue weighted by Crippen LogP contribution is 2.39. The Hall–Kier alpha value is -3.69. The van der Waals surface area contributed by atoms with Crippen LogP contribution in [0.5, 0.6) is 11.5 Å². The molecule has 38 heavy (non-hydrogen) atoms. The molecule has 2 aliphatic rings. The van der Waals surface area contributed by atoms with Crippen molar-refractivity contribution in [1.29, 1.82) is 0 Å². The van der Waals surface area contributed by atoms with Crippen molar-refractivity contribution in [3.05, 3.63) is 35.5 Å². The summed E-state index contributed by atoms with van der Waals surface area (Å²) < 4.78 is 25.8. The molecule has 0 saturated heterocycles. The number of hydrogen-bond donors (Lipinski definition) is 3.